The van der Waals surface area contributed by atoms with Crippen LogP contribution in [0.3, 0.4) is 0 Å². The Morgan fingerprint density at radius 1 is 1.40 bits per heavy atom. The van der Waals surface area contributed by atoms with Crippen LogP contribution in [0.1, 0.15) is 18.6 Å². The van der Waals surface area contributed by atoms with E-state index < -0.39 is 6.10 Å². The van der Waals surface area contributed by atoms with E-state index in [0.717, 1.165) is 5.56 Å². The summed E-state index contributed by atoms with van der Waals surface area (Å²) in [6.45, 7) is 2.45. The van der Waals surface area contributed by atoms with Crippen molar-refractivity contribution in [2.75, 3.05) is 19.6 Å². The van der Waals surface area contributed by atoms with Crippen molar-refractivity contribution in [3.8, 4) is 11.5 Å². The van der Waals surface area contributed by atoms with Gasteiger partial charge in [-0.3, -0.25) is 0 Å². The number of aliphatic hydroxyl groups is 1. The van der Waals surface area contributed by atoms with Crippen molar-refractivity contribution in [1.29, 1.82) is 0 Å². The molecule has 15 heavy (non-hydrogen) atoms. The first-order valence-corrected chi connectivity index (χ1v) is 5.31. The van der Waals surface area contributed by atoms with E-state index in [1.165, 1.54) is 0 Å². The molecule has 0 spiro atoms. The fourth-order valence-corrected chi connectivity index (χ4v) is 1.44. The van der Waals surface area contributed by atoms with Crippen molar-refractivity contribution < 1.29 is 14.6 Å². The number of rotatable bonds is 5. The number of halogens is 1. The molecule has 1 atom stereocenters. The Hall–Kier alpha value is -0.930. The zero-order valence-electron chi connectivity index (χ0n) is 8.87. The lowest BCUT2D eigenvalue weighted by atomic mass is 10.1. The van der Waals surface area contributed by atoms with Gasteiger partial charge in [0.15, 0.2) is 11.5 Å². The molecular formula is C11H15ClO3. The number of benzene rings is 1. The first-order chi connectivity index (χ1) is 7.22. The summed E-state index contributed by atoms with van der Waals surface area (Å²) in [7, 11) is 1.58. The van der Waals surface area contributed by atoms with Crippen LogP contribution in [-0.2, 0) is 0 Å². The molecule has 0 amide bonds. The molecule has 0 saturated heterocycles. The average molecular weight is 231 g/mol. The van der Waals surface area contributed by atoms with Gasteiger partial charge < -0.3 is 14.6 Å². The quantitative estimate of drug-likeness (QED) is 0.790. The molecule has 0 aliphatic heterocycles. The predicted molar refractivity (Wildman–Crippen MR) is 59.8 cm³/mol. The molecule has 1 rings (SSSR count). The van der Waals surface area contributed by atoms with Crippen LogP contribution in [0, 0.1) is 0 Å². The lowest BCUT2D eigenvalue weighted by Gasteiger charge is -2.13. The largest absolute Gasteiger partial charge is 0.493 e. The van der Waals surface area contributed by atoms with Gasteiger partial charge in [0.1, 0.15) is 0 Å². The van der Waals surface area contributed by atoms with Gasteiger partial charge in [-0.25, -0.2) is 0 Å². The van der Waals surface area contributed by atoms with Crippen LogP contribution in [0.5, 0.6) is 11.5 Å². The first-order valence-electron chi connectivity index (χ1n) is 4.77. The summed E-state index contributed by atoms with van der Waals surface area (Å²) < 4.78 is 10.5. The van der Waals surface area contributed by atoms with E-state index in [1.54, 1.807) is 25.3 Å². The number of ether oxygens (including phenoxy) is 2. The van der Waals surface area contributed by atoms with Crippen LogP contribution >= 0.6 is 11.6 Å². The molecule has 1 N–H and O–H groups in total. The summed E-state index contributed by atoms with van der Waals surface area (Å²) >= 11 is 5.57. The molecule has 0 radical (unpaired) electrons. The fraction of sp³-hybridized carbons (Fsp3) is 0.455. The van der Waals surface area contributed by atoms with E-state index in [-0.39, 0.29) is 5.88 Å². The van der Waals surface area contributed by atoms with Gasteiger partial charge in [0.2, 0.25) is 0 Å². The molecule has 4 heteroatoms. The van der Waals surface area contributed by atoms with Crippen LogP contribution in [0.15, 0.2) is 18.2 Å². The van der Waals surface area contributed by atoms with Gasteiger partial charge in [-0.15, -0.1) is 11.6 Å². The molecule has 0 aliphatic carbocycles. The molecule has 0 aromatic heterocycles. The van der Waals surface area contributed by atoms with Gasteiger partial charge in [0, 0.05) is 0 Å². The highest BCUT2D eigenvalue weighted by Crippen LogP contribution is 2.30. The predicted octanol–water partition coefficient (Wildman–Crippen LogP) is 2.37. The minimum Gasteiger partial charge on any atom is -0.493 e. The van der Waals surface area contributed by atoms with Gasteiger partial charge >= 0.3 is 0 Å². The Morgan fingerprint density at radius 3 is 2.67 bits per heavy atom. The van der Waals surface area contributed by atoms with Crippen molar-refractivity contribution in [2.45, 2.75) is 13.0 Å². The van der Waals surface area contributed by atoms with Gasteiger partial charge in [-0.05, 0) is 24.6 Å². The molecule has 0 saturated carbocycles. The third kappa shape index (κ3) is 3.01. The first kappa shape index (κ1) is 12.1. The Labute approximate surface area is 94.6 Å². The Balaban J connectivity index is 2.98. The molecule has 84 valence electrons. The monoisotopic (exact) mass is 230 g/mol. The number of aliphatic hydroxyl groups excluding tert-OH is 1. The van der Waals surface area contributed by atoms with E-state index in [0.29, 0.717) is 18.1 Å². The summed E-state index contributed by atoms with van der Waals surface area (Å²) in [6, 6.07) is 5.28. The van der Waals surface area contributed by atoms with Crippen molar-refractivity contribution in [3.63, 3.8) is 0 Å². The second-order valence-corrected chi connectivity index (χ2v) is 3.32. The standard InChI is InChI=1S/C11H15ClO3/c1-3-15-11-6-8(9(13)7-12)4-5-10(11)14-2/h4-6,9,13H,3,7H2,1-2H3/t9-/m0/s1. The van der Waals surface area contributed by atoms with E-state index in [2.05, 4.69) is 0 Å². The minimum absolute atomic E-state index is 0.165. The van der Waals surface area contributed by atoms with E-state index in [4.69, 9.17) is 21.1 Å². The normalized spacial score (nSPS) is 12.3. The zero-order valence-corrected chi connectivity index (χ0v) is 9.62. The molecule has 0 unspecified atom stereocenters. The topological polar surface area (TPSA) is 38.7 Å². The van der Waals surface area contributed by atoms with Gasteiger partial charge in [0.05, 0.1) is 25.7 Å². The summed E-state index contributed by atoms with van der Waals surface area (Å²) in [5, 5.41) is 9.56. The second kappa shape index (κ2) is 5.83. The van der Waals surface area contributed by atoms with Crippen LogP contribution in [0.25, 0.3) is 0 Å². The smallest absolute Gasteiger partial charge is 0.161 e. The van der Waals surface area contributed by atoms with Crippen LogP contribution in [0.2, 0.25) is 0 Å². The van der Waals surface area contributed by atoms with E-state index in [1.807, 2.05) is 6.92 Å². The van der Waals surface area contributed by atoms with Gasteiger partial charge in [0.25, 0.3) is 0 Å². The van der Waals surface area contributed by atoms with Gasteiger partial charge in [-0.2, -0.15) is 0 Å². The maximum atomic E-state index is 9.56. The number of methoxy groups -OCH3 is 1. The van der Waals surface area contributed by atoms with E-state index in [9.17, 15) is 5.11 Å². The molecule has 0 aliphatic rings. The molecule has 0 heterocycles. The summed E-state index contributed by atoms with van der Waals surface area (Å²) in [4.78, 5) is 0. The van der Waals surface area contributed by atoms with E-state index >= 15 is 0 Å². The summed E-state index contributed by atoms with van der Waals surface area (Å²) in [6.07, 6.45) is -0.670. The zero-order chi connectivity index (χ0) is 11.3. The summed E-state index contributed by atoms with van der Waals surface area (Å²) in [5.41, 5.74) is 0.731. The Kier molecular flexibility index (Phi) is 4.72. The molecule has 0 bridgehead atoms. The second-order valence-electron chi connectivity index (χ2n) is 3.01. The van der Waals surface area contributed by atoms with Crippen molar-refractivity contribution in [1.82, 2.24) is 0 Å². The SMILES string of the molecule is CCOc1cc([C@@H](O)CCl)ccc1OC. The third-order valence-electron chi connectivity index (χ3n) is 2.02. The maximum absolute atomic E-state index is 9.56. The van der Waals surface area contributed by atoms with Crippen molar-refractivity contribution >= 4 is 11.6 Å². The lowest BCUT2D eigenvalue weighted by Crippen LogP contribution is -2.01. The molecule has 1 aromatic carbocycles. The number of hydrogen-bond donors (Lipinski definition) is 1. The highest BCUT2D eigenvalue weighted by Gasteiger charge is 2.10. The lowest BCUT2D eigenvalue weighted by molar-refractivity contribution is 0.201. The van der Waals surface area contributed by atoms with Crippen LogP contribution in [-0.4, -0.2) is 24.7 Å². The summed E-state index contributed by atoms with van der Waals surface area (Å²) in [5.74, 6) is 1.45. The minimum atomic E-state index is -0.670. The highest BCUT2D eigenvalue weighted by molar-refractivity contribution is 6.18. The van der Waals surface area contributed by atoms with Crippen LogP contribution < -0.4 is 9.47 Å². The number of alkyl halides is 1. The average Bonchev–Trinajstić information content (AvgIpc) is 2.28. The van der Waals surface area contributed by atoms with Crippen molar-refractivity contribution in [3.05, 3.63) is 23.8 Å². The molecule has 3 nitrogen and oxygen atoms in total. The van der Waals surface area contributed by atoms with Crippen molar-refractivity contribution in [2.24, 2.45) is 0 Å². The highest BCUT2D eigenvalue weighted by atomic mass is 35.5. The molecular weight excluding hydrogens is 216 g/mol. The maximum Gasteiger partial charge on any atom is 0.161 e. The number of hydrogen-bond acceptors (Lipinski definition) is 3. The molecule has 0 fully saturated rings. The third-order valence-corrected chi connectivity index (χ3v) is 2.31. The molecule has 1 aromatic rings. The van der Waals surface area contributed by atoms with Gasteiger partial charge in [-0.1, -0.05) is 6.07 Å². The fourth-order valence-electron chi connectivity index (χ4n) is 1.26. The Morgan fingerprint density at radius 2 is 2.13 bits per heavy atom. The Bertz CT molecular complexity index is 315. The van der Waals surface area contributed by atoms with Crippen LogP contribution in [0.4, 0.5) is 0 Å².